The summed E-state index contributed by atoms with van der Waals surface area (Å²) in [4.78, 5) is 0. The van der Waals surface area contributed by atoms with Crippen molar-refractivity contribution in [3.8, 4) is 6.07 Å². The Morgan fingerprint density at radius 3 is 2.50 bits per heavy atom. The van der Waals surface area contributed by atoms with E-state index in [1.54, 1.807) is 0 Å². The topological polar surface area (TPSA) is 44.0 Å². The van der Waals surface area contributed by atoms with Crippen molar-refractivity contribution in [2.24, 2.45) is 11.8 Å². The van der Waals surface area contributed by atoms with Crippen LogP contribution in [0.4, 0.5) is 0 Å². The van der Waals surface area contributed by atoms with Crippen molar-refractivity contribution in [1.82, 2.24) is 0 Å². The highest BCUT2D eigenvalue weighted by atomic mass is 16.3. The van der Waals surface area contributed by atoms with Crippen molar-refractivity contribution >= 4 is 0 Å². The van der Waals surface area contributed by atoms with Crippen molar-refractivity contribution in [2.45, 2.75) is 58.0 Å². The Morgan fingerprint density at radius 1 is 1.50 bits per heavy atom. The molecule has 0 aliphatic heterocycles. The number of nitriles is 1. The zero-order valence-electron chi connectivity index (χ0n) is 9.29. The van der Waals surface area contributed by atoms with Gasteiger partial charge in [0.25, 0.3) is 0 Å². The van der Waals surface area contributed by atoms with E-state index in [4.69, 9.17) is 5.26 Å². The van der Waals surface area contributed by atoms with E-state index >= 15 is 0 Å². The molecule has 1 atom stereocenters. The maximum absolute atomic E-state index is 10.2. The van der Waals surface area contributed by atoms with E-state index < -0.39 is 5.60 Å². The van der Waals surface area contributed by atoms with Crippen molar-refractivity contribution in [2.75, 3.05) is 0 Å². The Balaban J connectivity index is 2.45. The lowest BCUT2D eigenvalue weighted by molar-refractivity contribution is -0.0373. The van der Waals surface area contributed by atoms with Gasteiger partial charge in [-0.3, -0.25) is 0 Å². The molecule has 0 amide bonds. The quantitative estimate of drug-likeness (QED) is 0.752. The third-order valence-corrected chi connectivity index (χ3v) is 3.67. The minimum atomic E-state index is -0.695. The van der Waals surface area contributed by atoms with Gasteiger partial charge in [0.15, 0.2) is 0 Å². The van der Waals surface area contributed by atoms with Crippen LogP contribution in [0.25, 0.3) is 0 Å². The molecule has 1 N–H and O–H groups in total. The molecule has 1 rings (SSSR count). The molecular weight excluding hydrogens is 174 g/mol. The fourth-order valence-electron chi connectivity index (χ4n) is 2.43. The molecule has 1 aliphatic rings. The molecule has 1 aliphatic carbocycles. The number of hydrogen-bond donors (Lipinski definition) is 1. The van der Waals surface area contributed by atoms with Gasteiger partial charge in [0.1, 0.15) is 0 Å². The lowest BCUT2D eigenvalue weighted by Crippen LogP contribution is -2.39. The normalized spacial score (nSPS) is 34.9. The Bertz CT molecular complexity index is 211. The fourth-order valence-corrected chi connectivity index (χ4v) is 2.43. The van der Waals surface area contributed by atoms with Crippen LogP contribution in [0.15, 0.2) is 0 Å². The van der Waals surface area contributed by atoms with Gasteiger partial charge in [-0.1, -0.05) is 19.8 Å². The molecule has 0 saturated heterocycles. The first-order chi connectivity index (χ1) is 6.62. The Morgan fingerprint density at radius 2 is 2.07 bits per heavy atom. The predicted octanol–water partition coefficient (Wildman–Crippen LogP) is 2.87. The van der Waals surface area contributed by atoms with Gasteiger partial charge >= 0.3 is 0 Å². The average molecular weight is 195 g/mol. The molecule has 0 aromatic heterocycles. The summed E-state index contributed by atoms with van der Waals surface area (Å²) >= 11 is 0. The molecule has 0 bridgehead atoms. The fraction of sp³-hybridized carbons (Fsp3) is 0.917. The predicted molar refractivity (Wildman–Crippen MR) is 56.6 cm³/mol. The summed E-state index contributed by atoms with van der Waals surface area (Å²) in [7, 11) is 0. The van der Waals surface area contributed by atoms with Crippen LogP contribution in [0.2, 0.25) is 0 Å². The first kappa shape index (κ1) is 11.5. The van der Waals surface area contributed by atoms with Gasteiger partial charge in [-0.2, -0.15) is 5.26 Å². The SMILES string of the molecule is CCCC1CCC(O)(C(C)C#N)CC1. The second-order valence-electron chi connectivity index (χ2n) is 4.69. The van der Waals surface area contributed by atoms with Gasteiger partial charge in [0.2, 0.25) is 0 Å². The van der Waals surface area contributed by atoms with E-state index in [2.05, 4.69) is 13.0 Å². The molecule has 2 nitrogen and oxygen atoms in total. The first-order valence-electron chi connectivity index (χ1n) is 5.74. The number of hydrogen-bond acceptors (Lipinski definition) is 2. The maximum Gasteiger partial charge on any atom is 0.0802 e. The smallest absolute Gasteiger partial charge is 0.0802 e. The van der Waals surface area contributed by atoms with E-state index in [-0.39, 0.29) is 5.92 Å². The average Bonchev–Trinajstić information content (AvgIpc) is 2.21. The van der Waals surface area contributed by atoms with Crippen LogP contribution >= 0.6 is 0 Å². The molecule has 1 fully saturated rings. The summed E-state index contributed by atoms with van der Waals surface area (Å²) in [5, 5.41) is 19.0. The van der Waals surface area contributed by atoms with Crippen LogP contribution < -0.4 is 0 Å². The van der Waals surface area contributed by atoms with E-state index in [0.29, 0.717) is 0 Å². The van der Waals surface area contributed by atoms with Gasteiger partial charge < -0.3 is 5.11 Å². The highest BCUT2D eigenvalue weighted by Gasteiger charge is 2.37. The second kappa shape index (κ2) is 4.79. The molecule has 80 valence electrons. The third-order valence-electron chi connectivity index (χ3n) is 3.67. The lowest BCUT2D eigenvalue weighted by Gasteiger charge is -2.37. The van der Waals surface area contributed by atoms with E-state index in [0.717, 1.165) is 31.6 Å². The summed E-state index contributed by atoms with van der Waals surface area (Å²) in [6.45, 7) is 4.04. The standard InChI is InChI=1S/C12H21NO/c1-3-4-11-5-7-12(14,8-6-11)10(2)9-13/h10-11,14H,3-8H2,1-2H3. The summed E-state index contributed by atoms with van der Waals surface area (Å²) in [5.74, 6) is 0.566. The van der Waals surface area contributed by atoms with Crippen molar-refractivity contribution < 1.29 is 5.11 Å². The highest BCUT2D eigenvalue weighted by molar-refractivity contribution is 4.98. The van der Waals surface area contributed by atoms with Crippen LogP contribution in [0.3, 0.4) is 0 Å². The Hall–Kier alpha value is -0.550. The first-order valence-corrected chi connectivity index (χ1v) is 5.74. The summed E-state index contributed by atoms with van der Waals surface area (Å²) in [6.07, 6.45) is 6.32. The molecule has 0 heterocycles. The molecule has 0 aromatic carbocycles. The van der Waals surface area contributed by atoms with Gasteiger partial charge in [0, 0.05) is 0 Å². The molecule has 0 aromatic rings. The largest absolute Gasteiger partial charge is 0.389 e. The molecular formula is C12H21NO. The minimum Gasteiger partial charge on any atom is -0.389 e. The molecule has 0 spiro atoms. The summed E-state index contributed by atoms with van der Waals surface area (Å²) in [5.41, 5.74) is -0.695. The van der Waals surface area contributed by atoms with Gasteiger partial charge in [-0.05, 0) is 38.5 Å². The van der Waals surface area contributed by atoms with Crippen LogP contribution in [-0.4, -0.2) is 10.7 Å². The highest BCUT2D eigenvalue weighted by Crippen LogP contribution is 2.38. The van der Waals surface area contributed by atoms with Crippen LogP contribution in [0.5, 0.6) is 0 Å². The maximum atomic E-state index is 10.2. The van der Waals surface area contributed by atoms with E-state index in [1.165, 1.54) is 12.8 Å². The van der Waals surface area contributed by atoms with E-state index in [1.807, 2.05) is 6.92 Å². The monoisotopic (exact) mass is 195 g/mol. The molecule has 1 saturated carbocycles. The van der Waals surface area contributed by atoms with E-state index in [9.17, 15) is 5.11 Å². The lowest BCUT2D eigenvalue weighted by atomic mass is 9.72. The zero-order valence-corrected chi connectivity index (χ0v) is 9.29. The molecule has 0 radical (unpaired) electrons. The Kier molecular flexibility index (Phi) is 3.95. The molecule has 14 heavy (non-hydrogen) atoms. The van der Waals surface area contributed by atoms with Crippen molar-refractivity contribution in [3.63, 3.8) is 0 Å². The van der Waals surface area contributed by atoms with Gasteiger partial charge in [-0.15, -0.1) is 0 Å². The van der Waals surface area contributed by atoms with Gasteiger partial charge in [0.05, 0.1) is 17.6 Å². The minimum absolute atomic E-state index is 0.218. The Labute approximate surface area is 86.9 Å². The number of aliphatic hydroxyl groups is 1. The summed E-state index contributed by atoms with van der Waals surface area (Å²) in [6, 6.07) is 2.17. The van der Waals surface area contributed by atoms with Crippen LogP contribution in [0.1, 0.15) is 52.4 Å². The van der Waals surface area contributed by atoms with Crippen molar-refractivity contribution in [1.29, 1.82) is 5.26 Å². The van der Waals surface area contributed by atoms with Gasteiger partial charge in [-0.25, -0.2) is 0 Å². The van der Waals surface area contributed by atoms with Crippen LogP contribution in [-0.2, 0) is 0 Å². The number of rotatable bonds is 3. The zero-order chi connectivity index (χ0) is 10.6. The third kappa shape index (κ3) is 2.48. The number of nitrogens with zero attached hydrogens (tertiary/aromatic N) is 1. The molecule has 1 unspecified atom stereocenters. The second-order valence-corrected chi connectivity index (χ2v) is 4.69. The van der Waals surface area contributed by atoms with Crippen LogP contribution in [0, 0.1) is 23.2 Å². The summed E-state index contributed by atoms with van der Waals surface area (Å²) < 4.78 is 0. The molecule has 2 heteroatoms. The van der Waals surface area contributed by atoms with Crippen molar-refractivity contribution in [3.05, 3.63) is 0 Å².